The van der Waals surface area contributed by atoms with Gasteiger partial charge in [-0.1, -0.05) is 58.4 Å². The zero-order valence-electron chi connectivity index (χ0n) is 16.1. The van der Waals surface area contributed by atoms with Gasteiger partial charge in [-0.15, -0.1) is 0 Å². The van der Waals surface area contributed by atoms with E-state index in [4.69, 9.17) is 4.74 Å². The molecule has 1 atom stereocenters. The van der Waals surface area contributed by atoms with Crippen molar-refractivity contribution in [3.05, 3.63) is 100 Å². The molecule has 30 heavy (non-hydrogen) atoms. The highest BCUT2D eigenvalue weighted by molar-refractivity contribution is 9.10. The highest BCUT2D eigenvalue weighted by Gasteiger charge is 2.46. The Bertz CT molecular complexity index is 1120. The Hall–Kier alpha value is -3.38. The number of hydrogen-bond donors (Lipinski definition) is 1. The van der Waals surface area contributed by atoms with Crippen LogP contribution in [0.15, 0.2) is 88.9 Å². The molecule has 1 aliphatic heterocycles. The monoisotopic (exact) mass is 463 g/mol. The van der Waals surface area contributed by atoms with Crippen LogP contribution in [0.1, 0.15) is 17.2 Å². The van der Waals surface area contributed by atoms with Crippen molar-refractivity contribution in [1.82, 2.24) is 0 Å². The first-order valence-corrected chi connectivity index (χ1v) is 10.1. The first kappa shape index (κ1) is 19.9. The molecular weight excluding hydrogens is 446 g/mol. The summed E-state index contributed by atoms with van der Waals surface area (Å²) >= 11 is 3.41. The minimum Gasteiger partial charge on any atom is -0.507 e. The van der Waals surface area contributed by atoms with Crippen LogP contribution in [-0.4, -0.2) is 23.9 Å². The number of rotatable bonds is 4. The molecule has 1 heterocycles. The minimum atomic E-state index is -0.758. The molecule has 1 N–H and O–H groups in total. The van der Waals surface area contributed by atoms with Crippen LogP contribution in [0, 0.1) is 0 Å². The third-order valence-corrected chi connectivity index (χ3v) is 5.56. The van der Waals surface area contributed by atoms with Crippen LogP contribution in [0.2, 0.25) is 0 Å². The van der Waals surface area contributed by atoms with Gasteiger partial charge in [0.15, 0.2) is 0 Å². The maximum Gasteiger partial charge on any atom is 0.300 e. The normalized spacial score (nSPS) is 17.9. The summed E-state index contributed by atoms with van der Waals surface area (Å²) < 4.78 is 6.07. The summed E-state index contributed by atoms with van der Waals surface area (Å²) in [5, 5.41) is 11.0. The summed E-state index contributed by atoms with van der Waals surface area (Å²) in [6, 6.07) is 22.2. The number of benzene rings is 3. The van der Waals surface area contributed by atoms with Gasteiger partial charge in [0.1, 0.15) is 11.5 Å². The van der Waals surface area contributed by atoms with Crippen molar-refractivity contribution < 1.29 is 19.4 Å². The van der Waals surface area contributed by atoms with E-state index in [1.54, 1.807) is 55.6 Å². The first-order chi connectivity index (χ1) is 14.5. The summed E-state index contributed by atoms with van der Waals surface area (Å²) in [5.74, 6) is -0.969. The number of aliphatic hydroxyl groups excluding tert-OH is 1. The molecular formula is C24H18BrNO4. The smallest absolute Gasteiger partial charge is 0.300 e. The number of methoxy groups -OCH3 is 1. The first-order valence-electron chi connectivity index (χ1n) is 9.27. The standard InChI is InChI=1S/C24H18BrNO4/c1-30-19-13-11-18(12-14-19)26-21(15-7-9-17(25)10-8-15)20(23(28)24(26)29)22(27)16-5-3-2-4-6-16/h2-14,21,27H,1H3/t21-/m1/s1. The van der Waals surface area contributed by atoms with Gasteiger partial charge in [-0.05, 0) is 42.0 Å². The highest BCUT2D eigenvalue weighted by atomic mass is 79.9. The van der Waals surface area contributed by atoms with Gasteiger partial charge in [0, 0.05) is 15.7 Å². The number of Topliss-reactive ketones (excluding diaryl/α,β-unsaturated/α-hetero) is 1. The predicted molar refractivity (Wildman–Crippen MR) is 118 cm³/mol. The van der Waals surface area contributed by atoms with Gasteiger partial charge in [0.2, 0.25) is 0 Å². The average Bonchev–Trinajstić information content (AvgIpc) is 3.05. The van der Waals surface area contributed by atoms with E-state index in [1.165, 1.54) is 4.90 Å². The molecule has 0 saturated carbocycles. The van der Waals surface area contributed by atoms with E-state index in [2.05, 4.69) is 15.9 Å². The average molecular weight is 464 g/mol. The third kappa shape index (κ3) is 3.50. The molecule has 0 unspecified atom stereocenters. The van der Waals surface area contributed by atoms with Crippen LogP contribution in [0.4, 0.5) is 5.69 Å². The molecule has 6 heteroatoms. The summed E-state index contributed by atoms with van der Waals surface area (Å²) in [6.45, 7) is 0. The Morgan fingerprint density at radius 2 is 1.57 bits per heavy atom. The van der Waals surface area contributed by atoms with E-state index >= 15 is 0 Å². The fourth-order valence-electron chi connectivity index (χ4n) is 3.55. The molecule has 0 aliphatic carbocycles. The van der Waals surface area contributed by atoms with Crippen LogP contribution in [0.25, 0.3) is 5.76 Å². The molecule has 0 spiro atoms. The fraction of sp³-hybridized carbons (Fsp3) is 0.0833. The minimum absolute atomic E-state index is 0.0596. The molecule has 0 aromatic heterocycles. The second-order valence-electron chi connectivity index (χ2n) is 6.78. The summed E-state index contributed by atoms with van der Waals surface area (Å²) in [7, 11) is 1.56. The summed E-state index contributed by atoms with van der Waals surface area (Å²) in [4.78, 5) is 27.5. The van der Waals surface area contributed by atoms with Crippen molar-refractivity contribution in [3.63, 3.8) is 0 Å². The quantitative estimate of drug-likeness (QED) is 0.332. The Morgan fingerprint density at radius 1 is 0.933 bits per heavy atom. The van der Waals surface area contributed by atoms with Gasteiger partial charge in [-0.25, -0.2) is 0 Å². The molecule has 3 aromatic rings. The molecule has 4 rings (SSSR count). The molecule has 150 valence electrons. The Labute approximate surface area is 182 Å². The zero-order valence-corrected chi connectivity index (χ0v) is 17.7. The van der Waals surface area contributed by atoms with Crippen molar-refractivity contribution in [2.24, 2.45) is 0 Å². The number of anilines is 1. The van der Waals surface area contributed by atoms with Gasteiger partial charge in [0.25, 0.3) is 11.7 Å². The van der Waals surface area contributed by atoms with E-state index < -0.39 is 17.7 Å². The lowest BCUT2D eigenvalue weighted by Crippen LogP contribution is -2.29. The maximum absolute atomic E-state index is 13.0. The van der Waals surface area contributed by atoms with E-state index in [-0.39, 0.29) is 11.3 Å². The zero-order chi connectivity index (χ0) is 21.3. The molecule has 1 amide bonds. The number of ketones is 1. The van der Waals surface area contributed by atoms with Gasteiger partial charge >= 0.3 is 0 Å². The number of carbonyl (C=O) groups excluding carboxylic acids is 2. The lowest BCUT2D eigenvalue weighted by Gasteiger charge is -2.25. The summed E-state index contributed by atoms with van der Waals surface area (Å²) in [5.41, 5.74) is 1.79. The summed E-state index contributed by atoms with van der Waals surface area (Å²) in [6.07, 6.45) is 0. The largest absolute Gasteiger partial charge is 0.507 e. The SMILES string of the molecule is COc1ccc(N2C(=O)C(=O)C(=C(O)c3ccccc3)[C@H]2c2ccc(Br)cc2)cc1. The second kappa shape index (κ2) is 8.16. The number of halogens is 1. The van der Waals surface area contributed by atoms with Crippen LogP contribution in [0.5, 0.6) is 5.75 Å². The highest BCUT2D eigenvalue weighted by Crippen LogP contribution is 2.42. The van der Waals surface area contributed by atoms with Gasteiger partial charge in [-0.3, -0.25) is 14.5 Å². The number of hydrogen-bond acceptors (Lipinski definition) is 4. The Morgan fingerprint density at radius 3 is 2.17 bits per heavy atom. The van der Waals surface area contributed by atoms with Gasteiger partial charge in [0.05, 0.1) is 18.7 Å². The van der Waals surface area contributed by atoms with Crippen LogP contribution < -0.4 is 9.64 Å². The number of carbonyl (C=O) groups is 2. The predicted octanol–water partition coefficient (Wildman–Crippen LogP) is 5.08. The molecule has 1 saturated heterocycles. The number of aliphatic hydroxyl groups is 1. The molecule has 5 nitrogen and oxygen atoms in total. The van der Waals surface area contributed by atoms with Crippen molar-refractivity contribution >= 4 is 39.1 Å². The van der Waals surface area contributed by atoms with E-state index in [1.807, 2.05) is 30.3 Å². The number of ether oxygens (including phenoxy) is 1. The van der Waals surface area contributed by atoms with Crippen LogP contribution in [0.3, 0.4) is 0 Å². The number of amides is 1. The topological polar surface area (TPSA) is 66.8 Å². The van der Waals surface area contributed by atoms with Crippen molar-refractivity contribution in [2.75, 3.05) is 12.0 Å². The Kier molecular flexibility index (Phi) is 5.42. The second-order valence-corrected chi connectivity index (χ2v) is 7.70. The molecule has 3 aromatic carbocycles. The van der Waals surface area contributed by atoms with Gasteiger partial charge < -0.3 is 9.84 Å². The number of nitrogens with zero attached hydrogens (tertiary/aromatic N) is 1. The molecule has 0 bridgehead atoms. The Balaban J connectivity index is 1.92. The van der Waals surface area contributed by atoms with Crippen molar-refractivity contribution in [2.45, 2.75) is 6.04 Å². The third-order valence-electron chi connectivity index (χ3n) is 5.03. The van der Waals surface area contributed by atoms with E-state index in [0.717, 1.165) is 4.47 Å². The van der Waals surface area contributed by atoms with Crippen molar-refractivity contribution in [1.29, 1.82) is 0 Å². The van der Waals surface area contributed by atoms with Gasteiger partial charge in [-0.2, -0.15) is 0 Å². The molecule has 1 fully saturated rings. The lowest BCUT2D eigenvalue weighted by atomic mass is 9.95. The van der Waals surface area contributed by atoms with Crippen LogP contribution >= 0.6 is 15.9 Å². The molecule has 1 aliphatic rings. The van der Waals surface area contributed by atoms with Crippen LogP contribution in [-0.2, 0) is 9.59 Å². The molecule has 0 radical (unpaired) electrons. The van der Waals surface area contributed by atoms with E-state index in [0.29, 0.717) is 22.6 Å². The maximum atomic E-state index is 13.0. The lowest BCUT2D eigenvalue weighted by molar-refractivity contribution is -0.132. The van der Waals surface area contributed by atoms with E-state index in [9.17, 15) is 14.7 Å². The van der Waals surface area contributed by atoms with Crippen molar-refractivity contribution in [3.8, 4) is 5.75 Å². The fourth-order valence-corrected chi connectivity index (χ4v) is 3.82.